The van der Waals surface area contributed by atoms with Crippen molar-refractivity contribution in [2.24, 2.45) is 0 Å². The van der Waals surface area contributed by atoms with Crippen LogP contribution in [0.5, 0.6) is 0 Å². The van der Waals surface area contributed by atoms with E-state index in [2.05, 4.69) is 40.7 Å². The highest BCUT2D eigenvalue weighted by Crippen LogP contribution is 2.23. The van der Waals surface area contributed by atoms with Gasteiger partial charge in [0.2, 0.25) is 5.91 Å². The molecule has 0 spiro atoms. The van der Waals surface area contributed by atoms with Crippen molar-refractivity contribution >= 4 is 28.6 Å². The molecule has 1 atom stereocenters. The van der Waals surface area contributed by atoms with Gasteiger partial charge in [-0.3, -0.25) is 4.79 Å². The number of benzene rings is 1. The number of carbonyl (C=O) groups excluding carboxylic acids is 1. The molecule has 0 bridgehead atoms. The van der Waals surface area contributed by atoms with Crippen molar-refractivity contribution in [1.29, 1.82) is 0 Å². The Morgan fingerprint density at radius 3 is 2.75 bits per heavy atom. The number of thiophene rings is 1. The molecule has 24 heavy (non-hydrogen) atoms. The van der Waals surface area contributed by atoms with Crippen LogP contribution in [0.1, 0.15) is 23.3 Å². The Morgan fingerprint density at radius 1 is 1.33 bits per heavy atom. The summed E-state index contributed by atoms with van der Waals surface area (Å²) >= 11 is 1.72. The van der Waals surface area contributed by atoms with Crippen LogP contribution in [-0.2, 0) is 16.0 Å². The van der Waals surface area contributed by atoms with E-state index in [9.17, 15) is 4.79 Å². The number of nitrogens with zero attached hydrogens (tertiary/aromatic N) is 1. The minimum Gasteiger partial charge on any atom is -0.380 e. The highest BCUT2D eigenvalue weighted by Gasteiger charge is 2.22. The van der Waals surface area contributed by atoms with E-state index in [1.165, 1.54) is 16.1 Å². The van der Waals surface area contributed by atoms with Crippen LogP contribution in [-0.4, -0.2) is 32.2 Å². The molecular formula is C19H24N2O2S. The summed E-state index contributed by atoms with van der Waals surface area (Å²) in [5.41, 5.74) is 3.31. The van der Waals surface area contributed by atoms with Gasteiger partial charge < -0.3 is 15.0 Å². The zero-order chi connectivity index (χ0) is 16.9. The van der Waals surface area contributed by atoms with Gasteiger partial charge in [0.15, 0.2) is 0 Å². The van der Waals surface area contributed by atoms with Gasteiger partial charge >= 0.3 is 0 Å². The molecule has 1 aliphatic rings. The number of carbonyl (C=O) groups is 1. The molecule has 1 amide bonds. The minimum atomic E-state index is 0.0659. The summed E-state index contributed by atoms with van der Waals surface area (Å²) in [5.74, 6) is 0.0659. The van der Waals surface area contributed by atoms with E-state index in [0.717, 1.165) is 31.6 Å². The predicted octanol–water partition coefficient (Wildman–Crippen LogP) is 3.85. The summed E-state index contributed by atoms with van der Waals surface area (Å²) in [7, 11) is 1.77. The van der Waals surface area contributed by atoms with Crippen molar-refractivity contribution in [3.63, 3.8) is 0 Å². The van der Waals surface area contributed by atoms with E-state index in [1.807, 2.05) is 12.1 Å². The molecule has 1 saturated heterocycles. The Kier molecular flexibility index (Phi) is 5.53. The summed E-state index contributed by atoms with van der Waals surface area (Å²) in [5, 5.41) is 5.06. The van der Waals surface area contributed by atoms with Crippen molar-refractivity contribution in [2.75, 3.05) is 30.4 Å². The Labute approximate surface area is 147 Å². The summed E-state index contributed by atoms with van der Waals surface area (Å²) in [6, 6.07) is 10.2. The monoisotopic (exact) mass is 344 g/mol. The first-order valence-electron chi connectivity index (χ1n) is 8.36. The molecule has 2 heterocycles. The van der Waals surface area contributed by atoms with E-state index in [-0.39, 0.29) is 5.91 Å². The van der Waals surface area contributed by atoms with Gasteiger partial charge in [0.1, 0.15) is 0 Å². The van der Waals surface area contributed by atoms with E-state index in [4.69, 9.17) is 4.74 Å². The third kappa shape index (κ3) is 4.16. The van der Waals surface area contributed by atoms with Crippen LogP contribution in [0.4, 0.5) is 11.4 Å². The quantitative estimate of drug-likeness (QED) is 0.865. The molecule has 2 aromatic rings. The molecule has 1 aromatic carbocycles. The third-order valence-corrected chi connectivity index (χ3v) is 5.62. The number of ether oxygens (including phenoxy) is 1. The number of methoxy groups -OCH3 is 1. The Morgan fingerprint density at radius 2 is 2.12 bits per heavy atom. The second kappa shape index (κ2) is 7.81. The highest BCUT2D eigenvalue weighted by atomic mass is 32.1. The fourth-order valence-corrected chi connectivity index (χ4v) is 3.93. The summed E-state index contributed by atoms with van der Waals surface area (Å²) in [6.07, 6.45) is 2.71. The SMILES string of the molecule is CO[C@H]1CCN(c2ccc(NC(=O)CCc3sccc3C)cc2)C1. The number of hydrogen-bond acceptors (Lipinski definition) is 4. The Bertz CT molecular complexity index is 681. The average Bonchev–Trinajstić information content (AvgIpc) is 3.22. The van der Waals surface area contributed by atoms with Crippen LogP contribution < -0.4 is 10.2 Å². The Hall–Kier alpha value is -1.85. The molecule has 128 valence electrons. The zero-order valence-corrected chi connectivity index (χ0v) is 15.1. The maximum atomic E-state index is 12.1. The first-order valence-corrected chi connectivity index (χ1v) is 9.24. The van der Waals surface area contributed by atoms with Crippen LogP contribution in [0, 0.1) is 6.92 Å². The average molecular weight is 344 g/mol. The van der Waals surface area contributed by atoms with E-state index < -0.39 is 0 Å². The smallest absolute Gasteiger partial charge is 0.224 e. The summed E-state index contributed by atoms with van der Waals surface area (Å²) in [6.45, 7) is 4.04. The van der Waals surface area contributed by atoms with E-state index in [1.54, 1.807) is 18.4 Å². The molecule has 1 fully saturated rings. The highest BCUT2D eigenvalue weighted by molar-refractivity contribution is 7.10. The molecule has 0 radical (unpaired) electrons. The lowest BCUT2D eigenvalue weighted by Gasteiger charge is -2.18. The summed E-state index contributed by atoms with van der Waals surface area (Å²) in [4.78, 5) is 15.7. The number of amides is 1. The second-order valence-corrected chi connectivity index (χ2v) is 7.21. The molecule has 4 nitrogen and oxygen atoms in total. The third-order valence-electron chi connectivity index (χ3n) is 4.54. The first-order chi connectivity index (χ1) is 11.7. The van der Waals surface area contributed by atoms with Gasteiger partial charge in [-0.05, 0) is 61.0 Å². The second-order valence-electron chi connectivity index (χ2n) is 6.21. The van der Waals surface area contributed by atoms with Crippen LogP contribution in [0.3, 0.4) is 0 Å². The maximum absolute atomic E-state index is 12.1. The van der Waals surface area contributed by atoms with Crippen LogP contribution in [0.25, 0.3) is 0 Å². The normalized spacial score (nSPS) is 17.2. The predicted molar refractivity (Wildman–Crippen MR) is 100 cm³/mol. The van der Waals surface area contributed by atoms with Crippen molar-refractivity contribution in [3.05, 3.63) is 46.2 Å². The van der Waals surface area contributed by atoms with Crippen LogP contribution in [0.15, 0.2) is 35.7 Å². The van der Waals surface area contributed by atoms with Crippen molar-refractivity contribution in [3.8, 4) is 0 Å². The zero-order valence-electron chi connectivity index (χ0n) is 14.2. The fraction of sp³-hybridized carbons (Fsp3) is 0.421. The molecule has 3 rings (SSSR count). The topological polar surface area (TPSA) is 41.6 Å². The van der Waals surface area contributed by atoms with E-state index in [0.29, 0.717) is 12.5 Å². The van der Waals surface area contributed by atoms with Gasteiger partial charge in [-0.25, -0.2) is 0 Å². The van der Waals surface area contributed by atoms with Crippen LogP contribution >= 0.6 is 11.3 Å². The molecule has 0 unspecified atom stereocenters. The Balaban J connectivity index is 1.50. The fourth-order valence-electron chi connectivity index (χ4n) is 3.02. The van der Waals surface area contributed by atoms with Gasteiger partial charge in [-0.2, -0.15) is 0 Å². The largest absolute Gasteiger partial charge is 0.380 e. The number of hydrogen-bond donors (Lipinski definition) is 1. The molecule has 5 heteroatoms. The summed E-state index contributed by atoms with van der Waals surface area (Å²) < 4.78 is 5.41. The van der Waals surface area contributed by atoms with Gasteiger partial charge in [0, 0.05) is 42.9 Å². The molecule has 1 aliphatic heterocycles. The van der Waals surface area contributed by atoms with Crippen molar-refractivity contribution in [2.45, 2.75) is 32.3 Å². The molecule has 0 aliphatic carbocycles. The first kappa shape index (κ1) is 17.0. The van der Waals surface area contributed by atoms with Gasteiger partial charge in [0.25, 0.3) is 0 Å². The van der Waals surface area contributed by atoms with Gasteiger partial charge in [0.05, 0.1) is 6.10 Å². The molecule has 1 N–H and O–H groups in total. The maximum Gasteiger partial charge on any atom is 0.224 e. The lowest BCUT2D eigenvalue weighted by atomic mass is 10.2. The van der Waals surface area contributed by atoms with Crippen LogP contribution in [0.2, 0.25) is 0 Å². The standard InChI is InChI=1S/C19H24N2O2S/c1-14-10-12-24-18(14)7-8-19(22)20-15-3-5-16(6-4-15)21-11-9-17(13-21)23-2/h3-6,10,12,17H,7-9,11,13H2,1-2H3,(H,20,22)/t17-/m0/s1. The number of nitrogens with one attached hydrogen (secondary N) is 1. The molecule has 0 saturated carbocycles. The molecule has 1 aromatic heterocycles. The van der Waals surface area contributed by atoms with Gasteiger partial charge in [-0.1, -0.05) is 0 Å². The van der Waals surface area contributed by atoms with Gasteiger partial charge in [-0.15, -0.1) is 11.3 Å². The minimum absolute atomic E-state index is 0.0659. The lowest BCUT2D eigenvalue weighted by Crippen LogP contribution is -2.22. The van der Waals surface area contributed by atoms with Crippen molar-refractivity contribution in [1.82, 2.24) is 0 Å². The van der Waals surface area contributed by atoms with Crippen molar-refractivity contribution < 1.29 is 9.53 Å². The number of anilines is 2. The lowest BCUT2D eigenvalue weighted by molar-refractivity contribution is -0.116. The molecular weight excluding hydrogens is 320 g/mol. The van der Waals surface area contributed by atoms with E-state index >= 15 is 0 Å². The number of rotatable bonds is 6. The number of aryl methyl sites for hydroxylation is 2.